The summed E-state index contributed by atoms with van der Waals surface area (Å²) >= 11 is 0. The quantitative estimate of drug-likeness (QED) is 0.616. The third kappa shape index (κ3) is 2.58. The van der Waals surface area contributed by atoms with Crippen LogP contribution in [0.1, 0.15) is 30.1 Å². The molecule has 1 saturated carbocycles. The number of amides is 1. The Bertz CT molecular complexity index is 483. The van der Waals surface area contributed by atoms with Crippen molar-refractivity contribution < 1.29 is 9.72 Å². The van der Waals surface area contributed by atoms with Gasteiger partial charge in [-0.3, -0.25) is 14.9 Å². The number of nitro benzene ring substituents is 1. The van der Waals surface area contributed by atoms with E-state index in [0.717, 1.165) is 12.8 Å². The Morgan fingerprint density at radius 3 is 2.78 bits per heavy atom. The largest absolute Gasteiger partial charge is 0.380 e. The van der Waals surface area contributed by atoms with Gasteiger partial charge >= 0.3 is 5.69 Å². The summed E-state index contributed by atoms with van der Waals surface area (Å²) < 4.78 is 0. The molecular formula is C12H15N3O3. The molecule has 2 N–H and O–H groups in total. The van der Waals surface area contributed by atoms with E-state index in [-0.39, 0.29) is 23.2 Å². The zero-order chi connectivity index (χ0) is 13.1. The summed E-state index contributed by atoms with van der Waals surface area (Å²) in [4.78, 5) is 22.5. The first-order valence-corrected chi connectivity index (χ1v) is 5.95. The first kappa shape index (κ1) is 12.3. The number of hydrogen-bond donors (Lipinski definition) is 2. The number of nitrogens with one attached hydrogen (secondary N) is 2. The fourth-order valence-electron chi connectivity index (χ4n) is 1.75. The second kappa shape index (κ2) is 5.03. The molecule has 0 atom stereocenters. The molecule has 0 aromatic heterocycles. The van der Waals surface area contributed by atoms with Crippen molar-refractivity contribution in [3.05, 3.63) is 33.9 Å². The standard InChI is InChI=1S/C12H15N3O3/c1-2-13-10-5-3-4-9(11(10)15(17)18)12(16)14-8-6-7-8/h3-5,8,13H,2,6-7H2,1H3,(H,14,16). The Hall–Kier alpha value is -2.11. The summed E-state index contributed by atoms with van der Waals surface area (Å²) in [6.45, 7) is 2.41. The average Bonchev–Trinajstić information content (AvgIpc) is 3.12. The average molecular weight is 249 g/mol. The van der Waals surface area contributed by atoms with Crippen LogP contribution in [0.15, 0.2) is 18.2 Å². The summed E-state index contributed by atoms with van der Waals surface area (Å²) in [6.07, 6.45) is 1.90. The minimum Gasteiger partial charge on any atom is -0.380 e. The van der Waals surface area contributed by atoms with Gasteiger partial charge in [-0.05, 0) is 31.9 Å². The maximum absolute atomic E-state index is 11.9. The molecule has 1 aromatic rings. The lowest BCUT2D eigenvalue weighted by Gasteiger charge is -2.08. The van der Waals surface area contributed by atoms with Crippen molar-refractivity contribution in [2.45, 2.75) is 25.8 Å². The molecule has 1 fully saturated rings. The molecule has 0 radical (unpaired) electrons. The Balaban J connectivity index is 2.34. The van der Waals surface area contributed by atoms with E-state index < -0.39 is 4.92 Å². The highest BCUT2D eigenvalue weighted by molar-refractivity contribution is 6.00. The van der Waals surface area contributed by atoms with Crippen molar-refractivity contribution in [1.82, 2.24) is 5.32 Å². The molecule has 2 rings (SSSR count). The Labute approximate surface area is 105 Å². The summed E-state index contributed by atoms with van der Waals surface area (Å²) in [5.74, 6) is -0.371. The van der Waals surface area contributed by atoms with Gasteiger partial charge in [-0.1, -0.05) is 6.07 Å². The third-order valence-electron chi connectivity index (χ3n) is 2.74. The van der Waals surface area contributed by atoms with E-state index in [1.54, 1.807) is 12.1 Å². The number of rotatable bonds is 5. The minimum atomic E-state index is -0.514. The highest BCUT2D eigenvalue weighted by Crippen LogP contribution is 2.29. The van der Waals surface area contributed by atoms with Crippen LogP contribution in [-0.4, -0.2) is 23.4 Å². The monoisotopic (exact) mass is 249 g/mol. The van der Waals surface area contributed by atoms with Gasteiger partial charge in [0.2, 0.25) is 0 Å². The molecule has 1 aliphatic rings. The van der Waals surface area contributed by atoms with Crippen LogP contribution in [0.25, 0.3) is 0 Å². The number of hydrogen-bond acceptors (Lipinski definition) is 4. The molecule has 96 valence electrons. The van der Waals surface area contributed by atoms with Gasteiger partial charge < -0.3 is 10.6 Å². The number of anilines is 1. The van der Waals surface area contributed by atoms with Gasteiger partial charge in [-0.2, -0.15) is 0 Å². The zero-order valence-electron chi connectivity index (χ0n) is 10.1. The van der Waals surface area contributed by atoms with Crippen molar-refractivity contribution >= 4 is 17.3 Å². The van der Waals surface area contributed by atoms with E-state index in [1.165, 1.54) is 6.07 Å². The number of para-hydroxylation sites is 1. The molecular weight excluding hydrogens is 234 g/mol. The molecule has 6 nitrogen and oxygen atoms in total. The van der Waals surface area contributed by atoms with Crippen molar-refractivity contribution in [3.63, 3.8) is 0 Å². The third-order valence-corrected chi connectivity index (χ3v) is 2.74. The lowest BCUT2D eigenvalue weighted by atomic mass is 10.1. The van der Waals surface area contributed by atoms with Crippen LogP contribution in [0, 0.1) is 10.1 Å². The van der Waals surface area contributed by atoms with E-state index in [0.29, 0.717) is 12.2 Å². The van der Waals surface area contributed by atoms with Gasteiger partial charge in [-0.15, -0.1) is 0 Å². The Morgan fingerprint density at radius 2 is 2.22 bits per heavy atom. The maximum atomic E-state index is 11.9. The molecule has 1 aromatic carbocycles. The molecule has 0 spiro atoms. The van der Waals surface area contributed by atoms with Gasteiger partial charge in [0.05, 0.1) is 4.92 Å². The van der Waals surface area contributed by atoms with Crippen LogP contribution in [0.5, 0.6) is 0 Å². The maximum Gasteiger partial charge on any atom is 0.305 e. The van der Waals surface area contributed by atoms with Gasteiger partial charge in [-0.25, -0.2) is 0 Å². The molecule has 0 bridgehead atoms. The van der Waals surface area contributed by atoms with Gasteiger partial charge in [0.25, 0.3) is 5.91 Å². The number of carbonyl (C=O) groups excluding carboxylic acids is 1. The number of benzene rings is 1. The van der Waals surface area contributed by atoms with Crippen molar-refractivity contribution in [3.8, 4) is 0 Å². The van der Waals surface area contributed by atoms with Crippen LogP contribution in [0.4, 0.5) is 11.4 Å². The molecule has 0 aliphatic heterocycles. The second-order valence-corrected chi connectivity index (χ2v) is 4.24. The second-order valence-electron chi connectivity index (χ2n) is 4.24. The van der Waals surface area contributed by atoms with E-state index in [2.05, 4.69) is 10.6 Å². The lowest BCUT2D eigenvalue weighted by molar-refractivity contribution is -0.384. The Kier molecular flexibility index (Phi) is 3.45. The SMILES string of the molecule is CCNc1cccc(C(=O)NC2CC2)c1[N+](=O)[O-]. The van der Waals surface area contributed by atoms with Crippen molar-refractivity contribution in [2.75, 3.05) is 11.9 Å². The molecule has 18 heavy (non-hydrogen) atoms. The number of nitro groups is 1. The van der Waals surface area contributed by atoms with E-state index in [9.17, 15) is 14.9 Å². The summed E-state index contributed by atoms with van der Waals surface area (Å²) in [7, 11) is 0. The highest BCUT2D eigenvalue weighted by Gasteiger charge is 2.29. The molecule has 1 amide bonds. The molecule has 0 heterocycles. The first-order chi connectivity index (χ1) is 8.63. The van der Waals surface area contributed by atoms with Crippen LogP contribution < -0.4 is 10.6 Å². The zero-order valence-corrected chi connectivity index (χ0v) is 10.1. The van der Waals surface area contributed by atoms with Crippen molar-refractivity contribution in [1.29, 1.82) is 0 Å². The smallest absolute Gasteiger partial charge is 0.305 e. The first-order valence-electron chi connectivity index (χ1n) is 5.95. The predicted octanol–water partition coefficient (Wildman–Crippen LogP) is 1.92. The van der Waals surface area contributed by atoms with Crippen LogP contribution in [0.3, 0.4) is 0 Å². The molecule has 0 unspecified atom stereocenters. The van der Waals surface area contributed by atoms with Crippen LogP contribution in [0.2, 0.25) is 0 Å². The fraction of sp³-hybridized carbons (Fsp3) is 0.417. The fourth-order valence-corrected chi connectivity index (χ4v) is 1.75. The summed E-state index contributed by atoms with van der Waals surface area (Å²) in [5, 5.41) is 16.8. The van der Waals surface area contributed by atoms with E-state index >= 15 is 0 Å². The highest BCUT2D eigenvalue weighted by atomic mass is 16.6. The van der Waals surface area contributed by atoms with Crippen LogP contribution in [-0.2, 0) is 0 Å². The molecule has 0 saturated heterocycles. The van der Waals surface area contributed by atoms with Gasteiger partial charge in [0.1, 0.15) is 11.3 Å². The van der Waals surface area contributed by atoms with Gasteiger partial charge in [0, 0.05) is 12.6 Å². The summed E-state index contributed by atoms with van der Waals surface area (Å²) in [6, 6.07) is 4.92. The molecule has 1 aliphatic carbocycles. The topological polar surface area (TPSA) is 84.3 Å². The number of carbonyl (C=O) groups is 1. The number of nitrogens with zero attached hydrogens (tertiary/aromatic N) is 1. The van der Waals surface area contributed by atoms with E-state index in [1.807, 2.05) is 6.92 Å². The molecule has 6 heteroatoms. The minimum absolute atomic E-state index is 0.116. The lowest BCUT2D eigenvalue weighted by Crippen LogP contribution is -2.26. The van der Waals surface area contributed by atoms with E-state index in [4.69, 9.17) is 0 Å². The van der Waals surface area contributed by atoms with Crippen molar-refractivity contribution in [2.24, 2.45) is 0 Å². The summed E-state index contributed by atoms with van der Waals surface area (Å²) in [5.41, 5.74) is 0.341. The Morgan fingerprint density at radius 1 is 1.50 bits per heavy atom. The predicted molar refractivity (Wildman–Crippen MR) is 67.7 cm³/mol. The van der Waals surface area contributed by atoms with Gasteiger partial charge in [0.15, 0.2) is 0 Å². The van der Waals surface area contributed by atoms with Crippen LogP contribution >= 0.6 is 0 Å². The normalized spacial score (nSPS) is 14.1.